The van der Waals surface area contributed by atoms with E-state index in [-0.39, 0.29) is 0 Å². The number of unbranched alkanes of at least 4 members (excludes halogenated alkanes) is 13. The Bertz CT molecular complexity index is 391. The van der Waals surface area contributed by atoms with Crippen molar-refractivity contribution in [2.75, 3.05) is 14.1 Å². The SMILES string of the molecule is CCCCCCCCCCCCC(CCCCCCC)N(C)C.O=S(=O)(O)O. The highest BCUT2D eigenvalue weighted by Gasteiger charge is 2.10. The highest BCUT2D eigenvalue weighted by Crippen LogP contribution is 2.17. The van der Waals surface area contributed by atoms with E-state index in [4.69, 9.17) is 17.5 Å². The van der Waals surface area contributed by atoms with E-state index in [9.17, 15) is 0 Å². The molecule has 0 aliphatic rings. The molecule has 6 heteroatoms. The summed E-state index contributed by atoms with van der Waals surface area (Å²) in [5.74, 6) is 0. The molecule has 2 N–H and O–H groups in total. The van der Waals surface area contributed by atoms with Gasteiger partial charge < -0.3 is 4.90 Å². The molecule has 5 nitrogen and oxygen atoms in total. The van der Waals surface area contributed by atoms with Gasteiger partial charge >= 0.3 is 10.4 Å². The summed E-state index contributed by atoms with van der Waals surface area (Å²) in [7, 11) is -0.125. The zero-order valence-corrected chi connectivity index (χ0v) is 20.0. The Labute approximate surface area is 176 Å². The minimum absolute atomic E-state index is 0.825. The highest BCUT2D eigenvalue weighted by molar-refractivity contribution is 7.79. The normalized spacial score (nSPS) is 12.7. The standard InChI is InChI=1S/C22H47N.H2O4S/c1-5-7-9-11-12-13-14-15-17-19-21-22(23(3)4)20-18-16-10-8-6-2;1-5(2,3)4/h22H,5-21H2,1-4H3;(H2,1,2,3,4). The predicted octanol–water partition coefficient (Wildman–Crippen LogP) is 6.94. The van der Waals surface area contributed by atoms with Crippen molar-refractivity contribution in [1.29, 1.82) is 0 Å². The Morgan fingerprint density at radius 2 is 0.857 bits per heavy atom. The third-order valence-electron chi connectivity index (χ3n) is 5.26. The molecule has 0 heterocycles. The Balaban J connectivity index is 0. The lowest BCUT2D eigenvalue weighted by molar-refractivity contribution is 0.251. The summed E-state index contributed by atoms with van der Waals surface area (Å²) < 4.78 is 31.6. The monoisotopic (exact) mass is 423 g/mol. The molecule has 0 aromatic heterocycles. The fourth-order valence-corrected chi connectivity index (χ4v) is 3.51. The predicted molar refractivity (Wildman–Crippen MR) is 121 cm³/mol. The molecule has 1 atom stereocenters. The van der Waals surface area contributed by atoms with Crippen molar-refractivity contribution < 1.29 is 17.5 Å². The van der Waals surface area contributed by atoms with Gasteiger partial charge in [0.25, 0.3) is 0 Å². The summed E-state index contributed by atoms with van der Waals surface area (Å²) in [6.07, 6.45) is 24.4. The summed E-state index contributed by atoms with van der Waals surface area (Å²) in [6.45, 7) is 4.60. The second-order valence-corrected chi connectivity index (χ2v) is 9.13. The van der Waals surface area contributed by atoms with Crippen LogP contribution in [0.25, 0.3) is 0 Å². The maximum Gasteiger partial charge on any atom is 0.394 e. The van der Waals surface area contributed by atoms with Gasteiger partial charge in [-0.2, -0.15) is 8.42 Å². The molecule has 1 unspecified atom stereocenters. The van der Waals surface area contributed by atoms with Gasteiger partial charge in [0.1, 0.15) is 0 Å². The Hall–Kier alpha value is -0.170. The van der Waals surface area contributed by atoms with Crippen LogP contribution in [0.2, 0.25) is 0 Å². The van der Waals surface area contributed by atoms with Crippen molar-refractivity contribution in [2.24, 2.45) is 0 Å². The molecule has 0 spiro atoms. The zero-order chi connectivity index (χ0) is 21.7. The molecule has 0 bridgehead atoms. The van der Waals surface area contributed by atoms with Gasteiger partial charge in [-0.05, 0) is 26.9 Å². The van der Waals surface area contributed by atoms with Crippen molar-refractivity contribution in [3.8, 4) is 0 Å². The second kappa shape index (κ2) is 21.5. The van der Waals surface area contributed by atoms with Crippen LogP contribution in [-0.4, -0.2) is 42.6 Å². The third kappa shape index (κ3) is 30.6. The van der Waals surface area contributed by atoms with E-state index in [0.717, 1.165) is 6.04 Å². The van der Waals surface area contributed by atoms with Crippen LogP contribution in [0.4, 0.5) is 0 Å². The first-order valence-electron chi connectivity index (χ1n) is 11.6. The third-order valence-corrected chi connectivity index (χ3v) is 5.26. The van der Waals surface area contributed by atoms with E-state index in [1.165, 1.54) is 109 Å². The minimum Gasteiger partial charge on any atom is -0.306 e. The Morgan fingerprint density at radius 1 is 0.607 bits per heavy atom. The van der Waals surface area contributed by atoms with Crippen LogP contribution in [0.15, 0.2) is 0 Å². The number of hydrogen-bond donors (Lipinski definition) is 2. The maximum absolute atomic E-state index is 8.74. The molecule has 0 saturated carbocycles. The van der Waals surface area contributed by atoms with Crippen LogP contribution in [0.1, 0.15) is 123 Å². The average Bonchev–Trinajstić information content (AvgIpc) is 2.59. The molecule has 0 aliphatic carbocycles. The number of rotatable bonds is 18. The molecule has 0 aromatic carbocycles. The lowest BCUT2D eigenvalue weighted by Gasteiger charge is -2.24. The summed E-state index contributed by atoms with van der Waals surface area (Å²) in [4.78, 5) is 2.47. The lowest BCUT2D eigenvalue weighted by atomic mass is 9.99. The quantitative estimate of drug-likeness (QED) is 0.184. The van der Waals surface area contributed by atoms with E-state index < -0.39 is 10.4 Å². The summed E-state index contributed by atoms with van der Waals surface area (Å²) >= 11 is 0. The number of nitrogens with zero attached hydrogens (tertiary/aromatic N) is 1. The van der Waals surface area contributed by atoms with Crippen molar-refractivity contribution in [3.63, 3.8) is 0 Å². The minimum atomic E-state index is -4.67. The Kier molecular flexibility index (Phi) is 23.1. The van der Waals surface area contributed by atoms with Gasteiger partial charge in [-0.15, -0.1) is 0 Å². The first-order valence-corrected chi connectivity index (χ1v) is 13.0. The molecule has 0 rings (SSSR count). The van der Waals surface area contributed by atoms with E-state index >= 15 is 0 Å². The summed E-state index contributed by atoms with van der Waals surface area (Å²) in [5.41, 5.74) is 0. The molecule has 0 aliphatic heterocycles. The fourth-order valence-electron chi connectivity index (χ4n) is 3.51. The number of hydrogen-bond acceptors (Lipinski definition) is 3. The van der Waals surface area contributed by atoms with Gasteiger partial charge in [0.15, 0.2) is 0 Å². The summed E-state index contributed by atoms with van der Waals surface area (Å²) in [6, 6.07) is 0.825. The van der Waals surface area contributed by atoms with Crippen molar-refractivity contribution in [1.82, 2.24) is 4.90 Å². The van der Waals surface area contributed by atoms with Crippen LogP contribution in [0, 0.1) is 0 Å². The van der Waals surface area contributed by atoms with Crippen LogP contribution in [0.3, 0.4) is 0 Å². The summed E-state index contributed by atoms with van der Waals surface area (Å²) in [5, 5.41) is 0. The van der Waals surface area contributed by atoms with Gasteiger partial charge in [-0.3, -0.25) is 9.11 Å². The molecule has 0 saturated heterocycles. The maximum atomic E-state index is 8.74. The molecule has 0 amide bonds. The van der Waals surface area contributed by atoms with Gasteiger partial charge in [0, 0.05) is 6.04 Å². The van der Waals surface area contributed by atoms with Gasteiger partial charge in [-0.1, -0.05) is 110 Å². The average molecular weight is 424 g/mol. The largest absolute Gasteiger partial charge is 0.394 e. The molecular weight excluding hydrogens is 374 g/mol. The van der Waals surface area contributed by atoms with Crippen LogP contribution >= 0.6 is 0 Å². The highest BCUT2D eigenvalue weighted by atomic mass is 32.3. The lowest BCUT2D eigenvalue weighted by Crippen LogP contribution is -2.27. The topological polar surface area (TPSA) is 77.8 Å². The smallest absolute Gasteiger partial charge is 0.306 e. The first-order chi connectivity index (χ1) is 13.2. The molecule has 0 radical (unpaired) electrons. The molecule has 0 fully saturated rings. The van der Waals surface area contributed by atoms with Gasteiger partial charge in [0.2, 0.25) is 0 Å². The molecular formula is C22H49NO4S. The van der Waals surface area contributed by atoms with Gasteiger partial charge in [0.05, 0.1) is 0 Å². The van der Waals surface area contributed by atoms with E-state index in [1.54, 1.807) is 0 Å². The Morgan fingerprint density at radius 3 is 1.11 bits per heavy atom. The fraction of sp³-hybridized carbons (Fsp3) is 1.00. The van der Waals surface area contributed by atoms with E-state index in [2.05, 4.69) is 32.8 Å². The van der Waals surface area contributed by atoms with Crippen molar-refractivity contribution in [2.45, 2.75) is 129 Å². The van der Waals surface area contributed by atoms with E-state index in [1.807, 2.05) is 0 Å². The van der Waals surface area contributed by atoms with Crippen LogP contribution in [0.5, 0.6) is 0 Å². The molecule has 0 aromatic rings. The van der Waals surface area contributed by atoms with Crippen molar-refractivity contribution >= 4 is 10.4 Å². The van der Waals surface area contributed by atoms with E-state index in [0.29, 0.717) is 0 Å². The van der Waals surface area contributed by atoms with Crippen LogP contribution in [-0.2, 0) is 10.4 Å². The van der Waals surface area contributed by atoms with Crippen molar-refractivity contribution in [3.05, 3.63) is 0 Å². The zero-order valence-electron chi connectivity index (χ0n) is 19.2. The first kappa shape index (κ1) is 30.0. The second-order valence-electron chi connectivity index (χ2n) is 8.24. The molecule has 28 heavy (non-hydrogen) atoms. The van der Waals surface area contributed by atoms with Gasteiger partial charge in [-0.25, -0.2) is 0 Å². The van der Waals surface area contributed by atoms with Crippen LogP contribution < -0.4 is 0 Å². The molecule has 172 valence electrons.